The summed E-state index contributed by atoms with van der Waals surface area (Å²) in [4.78, 5) is 32.3. The Labute approximate surface area is 192 Å². The third-order valence-electron chi connectivity index (χ3n) is 4.15. The average molecular weight is 472 g/mol. The molecule has 0 unspecified atom stereocenters. The predicted molar refractivity (Wildman–Crippen MR) is 118 cm³/mol. The van der Waals surface area contributed by atoms with Crippen LogP contribution >= 0.6 is 0 Å². The molecule has 1 aliphatic rings. The maximum atomic E-state index is 10.9. The molecule has 5 N–H and O–H groups in total. The molecule has 186 valence electrons. The van der Waals surface area contributed by atoms with E-state index in [1.54, 1.807) is 0 Å². The first kappa shape index (κ1) is 29.7. The van der Waals surface area contributed by atoms with Gasteiger partial charge in [0.15, 0.2) is 11.5 Å². The predicted octanol–water partition coefficient (Wildman–Crippen LogP) is 0.396. The molecule has 33 heavy (non-hydrogen) atoms. The highest BCUT2D eigenvalue weighted by Crippen LogP contribution is 2.39. The summed E-state index contributed by atoms with van der Waals surface area (Å²) in [6.45, 7) is 5.54. The Morgan fingerprint density at radius 3 is 2.00 bits per heavy atom. The number of aliphatic carboxylic acids is 2. The first-order valence-electron chi connectivity index (χ1n) is 9.91. The third-order valence-corrected chi connectivity index (χ3v) is 4.15. The van der Waals surface area contributed by atoms with Crippen LogP contribution in [0.4, 0.5) is 0 Å². The van der Waals surface area contributed by atoms with Crippen molar-refractivity contribution in [1.82, 2.24) is 10.2 Å². The molecular formula is C21H32N2O10. The van der Waals surface area contributed by atoms with Crippen molar-refractivity contribution in [2.45, 2.75) is 6.42 Å². The van der Waals surface area contributed by atoms with Crippen molar-refractivity contribution in [3.8, 4) is 17.2 Å². The summed E-state index contributed by atoms with van der Waals surface area (Å²) in [5.41, 5.74) is 0.0372. The number of aliphatic hydroxyl groups is 1. The van der Waals surface area contributed by atoms with Crippen molar-refractivity contribution < 1.29 is 49.0 Å². The van der Waals surface area contributed by atoms with Gasteiger partial charge in [-0.3, -0.25) is 4.90 Å². The molecule has 0 atom stereocenters. The van der Waals surface area contributed by atoms with Gasteiger partial charge < -0.3 is 40.0 Å². The molecule has 1 aromatic carbocycles. The fourth-order valence-corrected chi connectivity index (χ4v) is 2.68. The molecule has 0 saturated carbocycles. The normalized spacial score (nSPS) is 13.5. The van der Waals surface area contributed by atoms with Gasteiger partial charge in [0.1, 0.15) is 5.56 Å². The van der Waals surface area contributed by atoms with Crippen LogP contribution in [-0.2, 0) is 9.59 Å². The minimum absolute atomic E-state index is 0.0372. The number of nitrogens with zero attached hydrogens (tertiary/aromatic N) is 1. The molecule has 0 spiro atoms. The second-order valence-corrected chi connectivity index (χ2v) is 6.37. The number of carbonyl (C=O) groups is 3. The Bertz CT molecular complexity index is 759. The molecule has 12 heteroatoms. The molecule has 0 radical (unpaired) electrons. The number of aromatic carboxylic acids is 1. The highest BCUT2D eigenvalue weighted by molar-refractivity contribution is 5.92. The summed E-state index contributed by atoms with van der Waals surface area (Å²) < 4.78 is 15.0. The van der Waals surface area contributed by atoms with Gasteiger partial charge in [0.25, 0.3) is 0 Å². The Hall–Kier alpha value is -3.35. The van der Waals surface area contributed by atoms with Crippen molar-refractivity contribution in [2.24, 2.45) is 0 Å². The molecule has 0 aliphatic carbocycles. The topological polar surface area (TPSA) is 175 Å². The van der Waals surface area contributed by atoms with E-state index in [0.717, 1.165) is 32.7 Å². The Balaban J connectivity index is 0.000000495. The maximum absolute atomic E-state index is 10.9. The van der Waals surface area contributed by atoms with Gasteiger partial charge in [0.2, 0.25) is 5.75 Å². The molecular weight excluding hydrogens is 440 g/mol. The van der Waals surface area contributed by atoms with Crippen molar-refractivity contribution in [1.29, 1.82) is 0 Å². The fraction of sp³-hybridized carbons (Fsp3) is 0.476. The molecule has 12 nitrogen and oxygen atoms in total. The molecule has 1 aliphatic heterocycles. The Kier molecular flexibility index (Phi) is 15.5. The van der Waals surface area contributed by atoms with Crippen LogP contribution < -0.4 is 19.5 Å². The lowest BCUT2D eigenvalue weighted by atomic mass is 10.1. The summed E-state index contributed by atoms with van der Waals surface area (Å²) in [6.07, 6.45) is 2.32. The van der Waals surface area contributed by atoms with Crippen LogP contribution in [0.25, 0.3) is 0 Å². The molecule has 1 aromatic rings. The summed E-state index contributed by atoms with van der Waals surface area (Å²) in [5, 5.41) is 36.5. The second-order valence-electron chi connectivity index (χ2n) is 6.37. The summed E-state index contributed by atoms with van der Waals surface area (Å²) >= 11 is 0. The van der Waals surface area contributed by atoms with E-state index >= 15 is 0 Å². The zero-order valence-electron chi connectivity index (χ0n) is 18.9. The smallest absolute Gasteiger partial charge is 0.339 e. The zero-order chi connectivity index (χ0) is 25.2. The number of benzene rings is 1. The fourth-order valence-electron chi connectivity index (χ4n) is 2.68. The van der Waals surface area contributed by atoms with Gasteiger partial charge in [0, 0.05) is 31.8 Å². The number of aliphatic hydroxyl groups excluding tert-OH is 1. The van der Waals surface area contributed by atoms with Gasteiger partial charge in [-0.1, -0.05) is 0 Å². The van der Waals surface area contributed by atoms with E-state index in [1.165, 1.54) is 39.9 Å². The molecule has 1 heterocycles. The van der Waals surface area contributed by atoms with Crippen molar-refractivity contribution >= 4 is 17.9 Å². The van der Waals surface area contributed by atoms with E-state index in [2.05, 4.69) is 10.2 Å². The molecule has 0 amide bonds. The van der Waals surface area contributed by atoms with Gasteiger partial charge in [-0.2, -0.15) is 0 Å². The number of carboxylic acid groups (broad SMARTS) is 3. The van der Waals surface area contributed by atoms with Crippen LogP contribution in [0.5, 0.6) is 17.2 Å². The Morgan fingerprint density at radius 1 is 0.939 bits per heavy atom. The van der Waals surface area contributed by atoms with Crippen LogP contribution in [0, 0.1) is 0 Å². The largest absolute Gasteiger partial charge is 0.493 e. The lowest BCUT2D eigenvalue weighted by Crippen LogP contribution is -2.30. The van der Waals surface area contributed by atoms with Crippen LogP contribution in [-0.4, -0.2) is 104 Å². The van der Waals surface area contributed by atoms with E-state index in [1.807, 2.05) is 0 Å². The standard InChI is InChI=1S/C10H12O5.C7H16N2O.C4H4O4/c1-13-7-5-4-6(10(11)12)8(14-2)9(7)15-3;10-7-6-9-4-1-2-8-3-5-9;5-3(6)1-2-4(7)8/h4-5H,1-3H3,(H,11,12);8,10H,1-7H2;1-2H,(H,5,6)(H,7,8). The lowest BCUT2D eigenvalue weighted by Gasteiger charge is -2.16. The zero-order valence-corrected chi connectivity index (χ0v) is 18.9. The van der Waals surface area contributed by atoms with Crippen molar-refractivity contribution in [2.75, 3.05) is 60.7 Å². The first-order valence-corrected chi connectivity index (χ1v) is 9.91. The number of carboxylic acids is 3. The minimum atomic E-state index is -1.26. The van der Waals surface area contributed by atoms with E-state index in [-0.39, 0.29) is 17.1 Å². The number of nitrogens with one attached hydrogen (secondary N) is 1. The molecule has 1 fully saturated rings. The van der Waals surface area contributed by atoms with Crippen LogP contribution in [0.2, 0.25) is 0 Å². The van der Waals surface area contributed by atoms with E-state index in [9.17, 15) is 14.4 Å². The lowest BCUT2D eigenvalue weighted by molar-refractivity contribution is -0.134. The van der Waals surface area contributed by atoms with Gasteiger partial charge >= 0.3 is 17.9 Å². The average Bonchev–Trinajstić information content (AvgIpc) is 3.06. The van der Waals surface area contributed by atoms with Crippen LogP contribution in [0.3, 0.4) is 0 Å². The number of hydrogen-bond acceptors (Lipinski definition) is 9. The van der Waals surface area contributed by atoms with Gasteiger partial charge in [-0.05, 0) is 31.6 Å². The molecule has 0 bridgehead atoms. The van der Waals surface area contributed by atoms with Gasteiger partial charge in [-0.25, -0.2) is 14.4 Å². The van der Waals surface area contributed by atoms with Crippen LogP contribution in [0.15, 0.2) is 24.3 Å². The highest BCUT2D eigenvalue weighted by Gasteiger charge is 2.19. The monoisotopic (exact) mass is 472 g/mol. The molecule has 2 rings (SSSR count). The maximum Gasteiger partial charge on any atom is 0.339 e. The van der Waals surface area contributed by atoms with Crippen molar-refractivity contribution in [3.63, 3.8) is 0 Å². The summed E-state index contributed by atoms with van der Waals surface area (Å²) in [7, 11) is 4.27. The number of rotatable bonds is 8. The number of β-amino-alcohol motifs (C(OH)–C–C–N with tert-alkyl or cyclic N) is 1. The van der Waals surface area contributed by atoms with E-state index in [4.69, 9.17) is 34.6 Å². The Morgan fingerprint density at radius 2 is 1.55 bits per heavy atom. The first-order chi connectivity index (χ1) is 15.7. The number of ether oxygens (including phenoxy) is 3. The summed E-state index contributed by atoms with van der Waals surface area (Å²) in [6, 6.07) is 2.92. The van der Waals surface area contributed by atoms with E-state index < -0.39 is 17.9 Å². The second kappa shape index (κ2) is 17.2. The van der Waals surface area contributed by atoms with Crippen LogP contribution in [0.1, 0.15) is 16.8 Å². The minimum Gasteiger partial charge on any atom is -0.493 e. The molecule has 1 saturated heterocycles. The van der Waals surface area contributed by atoms with E-state index in [0.29, 0.717) is 24.5 Å². The quantitative estimate of drug-likeness (QED) is 0.330. The number of hydrogen-bond donors (Lipinski definition) is 5. The summed E-state index contributed by atoms with van der Waals surface area (Å²) in [5.74, 6) is -2.73. The highest BCUT2D eigenvalue weighted by atomic mass is 16.5. The molecule has 0 aromatic heterocycles. The SMILES string of the molecule is COc1ccc(C(=O)O)c(OC)c1OC.O=C(O)C=CC(=O)O.OCCN1CCCNCC1. The third kappa shape index (κ3) is 12.3. The number of methoxy groups -OCH3 is 3. The van der Waals surface area contributed by atoms with Crippen molar-refractivity contribution in [3.05, 3.63) is 29.8 Å². The van der Waals surface area contributed by atoms with Gasteiger partial charge in [0.05, 0.1) is 27.9 Å². The van der Waals surface area contributed by atoms with Gasteiger partial charge in [-0.15, -0.1) is 0 Å².